The molecule has 4 nitrogen and oxygen atoms in total. The minimum atomic E-state index is 0.184. The zero-order chi connectivity index (χ0) is 26.0. The number of ether oxygens (including phenoxy) is 2. The molecule has 0 saturated heterocycles. The van der Waals surface area contributed by atoms with E-state index in [1.165, 1.54) is 49.7 Å². The SMILES string of the molecule is CCCCCCCCc1ccc(N=Cc2ccc(OCCCCCCOCc3ccsc3)cc2O)cc1. The zero-order valence-electron chi connectivity index (χ0n) is 22.4. The molecule has 0 bridgehead atoms. The van der Waals surface area contributed by atoms with Crippen molar-refractivity contribution < 1.29 is 14.6 Å². The molecular formula is C32H43NO3S. The Morgan fingerprint density at radius 2 is 1.57 bits per heavy atom. The van der Waals surface area contributed by atoms with Gasteiger partial charge >= 0.3 is 0 Å². The third-order valence-electron chi connectivity index (χ3n) is 6.41. The minimum Gasteiger partial charge on any atom is -0.507 e. The molecule has 0 radical (unpaired) electrons. The van der Waals surface area contributed by atoms with E-state index in [2.05, 4.69) is 40.9 Å². The molecule has 200 valence electrons. The summed E-state index contributed by atoms with van der Waals surface area (Å²) < 4.78 is 11.5. The van der Waals surface area contributed by atoms with Crippen molar-refractivity contribution in [2.75, 3.05) is 13.2 Å². The highest BCUT2D eigenvalue weighted by Crippen LogP contribution is 2.24. The molecular weight excluding hydrogens is 478 g/mol. The summed E-state index contributed by atoms with van der Waals surface area (Å²) >= 11 is 1.71. The van der Waals surface area contributed by atoms with Crippen LogP contribution in [0.1, 0.15) is 87.8 Å². The molecule has 37 heavy (non-hydrogen) atoms. The number of aromatic hydroxyl groups is 1. The van der Waals surface area contributed by atoms with Gasteiger partial charge in [0.2, 0.25) is 0 Å². The number of benzene rings is 2. The van der Waals surface area contributed by atoms with Crippen molar-refractivity contribution in [3.63, 3.8) is 0 Å². The number of phenolic OH excluding ortho intramolecular Hbond substituents is 1. The van der Waals surface area contributed by atoms with E-state index in [1.807, 2.05) is 24.3 Å². The Bertz CT molecular complexity index is 1020. The molecule has 3 aromatic rings. The molecule has 1 N–H and O–H groups in total. The highest BCUT2D eigenvalue weighted by atomic mass is 32.1. The van der Waals surface area contributed by atoms with Gasteiger partial charge in [0.05, 0.1) is 18.9 Å². The van der Waals surface area contributed by atoms with Crippen LogP contribution in [0.5, 0.6) is 11.5 Å². The van der Waals surface area contributed by atoms with Crippen molar-refractivity contribution in [2.45, 2.75) is 84.2 Å². The summed E-state index contributed by atoms with van der Waals surface area (Å²) in [7, 11) is 0. The molecule has 0 aliphatic rings. The maximum Gasteiger partial charge on any atom is 0.128 e. The van der Waals surface area contributed by atoms with Crippen LogP contribution in [-0.4, -0.2) is 24.5 Å². The first-order valence-electron chi connectivity index (χ1n) is 13.9. The summed E-state index contributed by atoms with van der Waals surface area (Å²) in [6.45, 7) is 4.41. The van der Waals surface area contributed by atoms with Crippen molar-refractivity contribution in [3.8, 4) is 11.5 Å². The minimum absolute atomic E-state index is 0.184. The number of aliphatic imine (C=N–C) groups is 1. The van der Waals surface area contributed by atoms with Crippen LogP contribution in [-0.2, 0) is 17.8 Å². The van der Waals surface area contributed by atoms with Gasteiger partial charge < -0.3 is 14.6 Å². The maximum absolute atomic E-state index is 10.4. The van der Waals surface area contributed by atoms with Crippen LogP contribution in [0.2, 0.25) is 0 Å². The van der Waals surface area contributed by atoms with Gasteiger partial charge in [0.15, 0.2) is 0 Å². The summed E-state index contributed by atoms with van der Waals surface area (Å²) in [6, 6.07) is 15.9. The first-order valence-corrected chi connectivity index (χ1v) is 14.9. The lowest BCUT2D eigenvalue weighted by Gasteiger charge is -2.08. The van der Waals surface area contributed by atoms with Crippen LogP contribution in [0.3, 0.4) is 0 Å². The number of thiophene rings is 1. The Kier molecular flexibility index (Phi) is 13.9. The van der Waals surface area contributed by atoms with Crippen LogP contribution in [0, 0.1) is 0 Å². The number of unbranched alkanes of at least 4 members (excludes halogenated alkanes) is 8. The van der Waals surface area contributed by atoms with Gasteiger partial charge in [0, 0.05) is 24.5 Å². The van der Waals surface area contributed by atoms with E-state index in [1.54, 1.807) is 23.6 Å². The van der Waals surface area contributed by atoms with Crippen molar-refractivity contribution in [3.05, 3.63) is 76.0 Å². The predicted molar refractivity (Wildman–Crippen MR) is 157 cm³/mol. The summed E-state index contributed by atoms with van der Waals surface area (Å²) in [5.41, 5.74) is 4.20. The molecule has 5 heteroatoms. The van der Waals surface area contributed by atoms with Gasteiger partial charge in [-0.05, 0) is 84.3 Å². The molecule has 0 atom stereocenters. The van der Waals surface area contributed by atoms with Gasteiger partial charge in [-0.1, -0.05) is 57.6 Å². The fourth-order valence-electron chi connectivity index (χ4n) is 4.14. The highest BCUT2D eigenvalue weighted by Gasteiger charge is 2.03. The summed E-state index contributed by atoms with van der Waals surface area (Å²) in [5.74, 6) is 0.872. The molecule has 1 aromatic heterocycles. The molecule has 0 saturated carbocycles. The van der Waals surface area contributed by atoms with Gasteiger partial charge in [-0.3, -0.25) is 4.99 Å². The lowest BCUT2D eigenvalue weighted by atomic mass is 10.0. The van der Waals surface area contributed by atoms with Crippen LogP contribution in [0.25, 0.3) is 0 Å². The number of aryl methyl sites for hydroxylation is 1. The normalized spacial score (nSPS) is 11.4. The van der Waals surface area contributed by atoms with E-state index in [0.29, 0.717) is 24.5 Å². The van der Waals surface area contributed by atoms with Gasteiger partial charge in [0.1, 0.15) is 11.5 Å². The number of rotatable bonds is 19. The van der Waals surface area contributed by atoms with E-state index < -0.39 is 0 Å². The van der Waals surface area contributed by atoms with E-state index in [4.69, 9.17) is 9.47 Å². The van der Waals surface area contributed by atoms with E-state index in [9.17, 15) is 5.11 Å². The van der Waals surface area contributed by atoms with E-state index in [-0.39, 0.29) is 5.75 Å². The second kappa shape index (κ2) is 17.8. The third kappa shape index (κ3) is 12.0. The second-order valence-corrected chi connectivity index (χ2v) is 10.4. The van der Waals surface area contributed by atoms with Gasteiger partial charge in [-0.25, -0.2) is 0 Å². The van der Waals surface area contributed by atoms with Crippen molar-refractivity contribution in [1.82, 2.24) is 0 Å². The summed E-state index contributed by atoms with van der Waals surface area (Å²) in [5, 5.41) is 14.6. The van der Waals surface area contributed by atoms with E-state index >= 15 is 0 Å². The molecule has 0 unspecified atom stereocenters. The average Bonchev–Trinajstić information content (AvgIpc) is 3.43. The fraction of sp³-hybridized carbons (Fsp3) is 0.469. The second-order valence-electron chi connectivity index (χ2n) is 9.61. The first kappa shape index (κ1) is 28.9. The Hall–Kier alpha value is -2.63. The highest BCUT2D eigenvalue weighted by molar-refractivity contribution is 7.07. The monoisotopic (exact) mass is 521 g/mol. The molecule has 1 heterocycles. The van der Waals surface area contributed by atoms with Gasteiger partial charge in [-0.15, -0.1) is 0 Å². The van der Waals surface area contributed by atoms with Crippen molar-refractivity contribution in [1.29, 1.82) is 0 Å². The Balaban J connectivity index is 1.29. The Morgan fingerprint density at radius 3 is 2.32 bits per heavy atom. The maximum atomic E-state index is 10.4. The first-order chi connectivity index (χ1) is 18.2. The van der Waals surface area contributed by atoms with Crippen LogP contribution >= 0.6 is 11.3 Å². The molecule has 0 fully saturated rings. The quantitative estimate of drug-likeness (QED) is 0.126. The van der Waals surface area contributed by atoms with Gasteiger partial charge in [-0.2, -0.15) is 11.3 Å². The standard InChI is InChI=1S/C32H43NO3S/c1-2-3-4-5-6-9-12-27-13-16-30(17-14-27)33-24-29-15-18-31(23-32(29)34)36-21-11-8-7-10-20-35-25-28-19-22-37-26-28/h13-19,22-24,26,34H,2-12,20-21,25H2,1H3. The van der Waals surface area contributed by atoms with Crippen LogP contribution < -0.4 is 4.74 Å². The third-order valence-corrected chi connectivity index (χ3v) is 7.14. The smallest absolute Gasteiger partial charge is 0.128 e. The van der Waals surface area contributed by atoms with Crippen LogP contribution in [0.15, 0.2) is 64.3 Å². The topological polar surface area (TPSA) is 51.0 Å². The Morgan fingerprint density at radius 1 is 0.811 bits per heavy atom. The molecule has 0 spiro atoms. The van der Waals surface area contributed by atoms with Crippen LogP contribution in [0.4, 0.5) is 5.69 Å². The number of hydrogen-bond donors (Lipinski definition) is 1. The summed E-state index contributed by atoms with van der Waals surface area (Å²) in [4.78, 5) is 4.53. The van der Waals surface area contributed by atoms with E-state index in [0.717, 1.165) is 44.4 Å². The van der Waals surface area contributed by atoms with Crippen molar-refractivity contribution >= 4 is 23.2 Å². The van der Waals surface area contributed by atoms with Crippen molar-refractivity contribution in [2.24, 2.45) is 4.99 Å². The lowest BCUT2D eigenvalue weighted by molar-refractivity contribution is 0.116. The zero-order valence-corrected chi connectivity index (χ0v) is 23.2. The molecule has 0 aliphatic heterocycles. The van der Waals surface area contributed by atoms with Gasteiger partial charge in [0.25, 0.3) is 0 Å². The Labute approximate surface area is 227 Å². The molecule has 0 amide bonds. The number of hydrogen-bond acceptors (Lipinski definition) is 5. The molecule has 0 aliphatic carbocycles. The molecule has 2 aromatic carbocycles. The summed E-state index contributed by atoms with van der Waals surface area (Å²) in [6.07, 6.45) is 15.1. The fourth-order valence-corrected chi connectivity index (χ4v) is 4.79. The number of phenols is 1. The average molecular weight is 522 g/mol. The number of nitrogens with zero attached hydrogens (tertiary/aromatic N) is 1. The predicted octanol–water partition coefficient (Wildman–Crippen LogP) is 9.26. The largest absolute Gasteiger partial charge is 0.507 e. The lowest BCUT2D eigenvalue weighted by Crippen LogP contribution is -1.99. The molecule has 3 rings (SSSR count).